The lowest BCUT2D eigenvalue weighted by molar-refractivity contribution is -0.143. The van der Waals surface area contributed by atoms with Crippen molar-refractivity contribution in [3.63, 3.8) is 0 Å². The molecule has 0 aliphatic heterocycles. The molecule has 0 saturated carbocycles. The molecule has 0 unspecified atom stereocenters. The second-order valence-electron chi connectivity index (χ2n) is 4.08. The van der Waals surface area contributed by atoms with E-state index in [1.807, 2.05) is 0 Å². The fourth-order valence-electron chi connectivity index (χ4n) is 1.49. The predicted molar refractivity (Wildman–Crippen MR) is 62.7 cm³/mol. The maximum Gasteiger partial charge on any atom is 0.416 e. The number of hydrogen-bond acceptors (Lipinski definition) is 2. The molecule has 1 rings (SSSR count). The lowest BCUT2D eigenvalue weighted by atomic mass is 10.0. The molecule has 3 nitrogen and oxygen atoms in total. The van der Waals surface area contributed by atoms with Crippen LogP contribution in [-0.4, -0.2) is 12.5 Å². The van der Waals surface area contributed by atoms with Gasteiger partial charge in [-0.1, -0.05) is 0 Å². The van der Waals surface area contributed by atoms with Crippen molar-refractivity contribution in [2.45, 2.75) is 12.4 Å². The fraction of sp³-hybridized carbons (Fsp3) is 0.250. The molecule has 0 heterocycles. The molecule has 0 fully saturated rings. The molecule has 1 amide bonds. The number of hydrogen-bond donors (Lipinski definition) is 2. The lowest BCUT2D eigenvalue weighted by Crippen LogP contribution is -2.20. The van der Waals surface area contributed by atoms with E-state index in [2.05, 4.69) is 0 Å². The second kappa shape index (κ2) is 5.76. The normalized spacial score (nSPS) is 13.4. The molecular formula is C12H10F6N2O. The molecule has 0 atom stereocenters. The van der Waals surface area contributed by atoms with E-state index in [0.717, 1.165) is 6.08 Å². The van der Waals surface area contributed by atoms with Gasteiger partial charge in [0.25, 0.3) is 0 Å². The molecule has 0 saturated heterocycles. The van der Waals surface area contributed by atoms with Crippen LogP contribution in [0.5, 0.6) is 0 Å². The highest BCUT2D eigenvalue weighted by atomic mass is 19.4. The Labute approximate surface area is 115 Å². The zero-order valence-electron chi connectivity index (χ0n) is 10.3. The Balaban J connectivity index is 3.49. The first-order valence-electron chi connectivity index (χ1n) is 5.45. The Bertz CT molecular complexity index is 542. The molecule has 0 radical (unpaired) electrons. The van der Waals surface area contributed by atoms with Crippen molar-refractivity contribution >= 4 is 12.0 Å². The minimum absolute atomic E-state index is 0.0102. The fourth-order valence-corrected chi connectivity index (χ4v) is 1.49. The van der Waals surface area contributed by atoms with Crippen LogP contribution in [0.2, 0.25) is 0 Å². The van der Waals surface area contributed by atoms with Gasteiger partial charge in [0.2, 0.25) is 5.91 Å². The first kappa shape index (κ1) is 17.0. The summed E-state index contributed by atoms with van der Waals surface area (Å²) < 4.78 is 75.7. The van der Waals surface area contributed by atoms with Crippen LogP contribution >= 0.6 is 0 Å². The minimum Gasteiger partial charge on any atom is -0.366 e. The average Bonchev–Trinajstić information content (AvgIpc) is 2.33. The third-order valence-electron chi connectivity index (χ3n) is 2.49. The molecule has 0 aliphatic rings. The maximum atomic E-state index is 12.6. The van der Waals surface area contributed by atoms with E-state index in [1.165, 1.54) is 0 Å². The van der Waals surface area contributed by atoms with Gasteiger partial charge in [0.05, 0.1) is 11.1 Å². The van der Waals surface area contributed by atoms with Gasteiger partial charge in [0.1, 0.15) is 0 Å². The Morgan fingerprint density at radius 1 is 1.00 bits per heavy atom. The predicted octanol–water partition coefficient (Wildman–Crippen LogP) is 2.55. The number of carbonyl (C=O) groups excluding carboxylic acids is 1. The van der Waals surface area contributed by atoms with Gasteiger partial charge in [-0.15, -0.1) is 0 Å². The number of halogens is 6. The van der Waals surface area contributed by atoms with Crippen molar-refractivity contribution in [3.8, 4) is 0 Å². The summed E-state index contributed by atoms with van der Waals surface area (Å²) in [6.45, 7) is -0.410. The van der Waals surface area contributed by atoms with Crippen molar-refractivity contribution < 1.29 is 31.1 Å². The summed E-state index contributed by atoms with van der Waals surface area (Å²) in [5.74, 6) is -1.02. The summed E-state index contributed by atoms with van der Waals surface area (Å²) in [6.07, 6.45) is -9.12. The van der Waals surface area contributed by atoms with E-state index in [-0.39, 0.29) is 11.6 Å². The Morgan fingerprint density at radius 3 is 1.71 bits per heavy atom. The van der Waals surface area contributed by atoms with E-state index in [9.17, 15) is 31.1 Å². The third-order valence-corrected chi connectivity index (χ3v) is 2.49. The number of rotatable bonds is 3. The number of primary amides is 1. The molecule has 4 N–H and O–H groups in total. The summed E-state index contributed by atoms with van der Waals surface area (Å²) >= 11 is 0. The van der Waals surface area contributed by atoms with Crippen LogP contribution in [0, 0.1) is 0 Å². The number of carbonyl (C=O) groups is 1. The monoisotopic (exact) mass is 312 g/mol. The van der Waals surface area contributed by atoms with Gasteiger partial charge in [-0.05, 0) is 29.8 Å². The molecular weight excluding hydrogens is 302 g/mol. The molecule has 116 valence electrons. The Hall–Kier alpha value is -2.03. The summed E-state index contributed by atoms with van der Waals surface area (Å²) in [5, 5.41) is 0. The van der Waals surface area contributed by atoms with Gasteiger partial charge in [0.15, 0.2) is 0 Å². The molecule has 0 spiro atoms. The molecule has 9 heteroatoms. The third kappa shape index (κ3) is 4.48. The van der Waals surface area contributed by atoms with Crippen LogP contribution in [0.25, 0.3) is 6.08 Å². The van der Waals surface area contributed by atoms with Crippen molar-refractivity contribution in [1.29, 1.82) is 0 Å². The van der Waals surface area contributed by atoms with Crippen LogP contribution in [0.4, 0.5) is 26.3 Å². The summed E-state index contributed by atoms with van der Waals surface area (Å²) in [7, 11) is 0. The number of amides is 1. The zero-order chi connectivity index (χ0) is 16.4. The first-order chi connectivity index (χ1) is 9.45. The number of alkyl halides is 6. The summed E-state index contributed by atoms with van der Waals surface area (Å²) in [5.41, 5.74) is 6.35. The van der Waals surface area contributed by atoms with Gasteiger partial charge < -0.3 is 11.5 Å². The van der Waals surface area contributed by atoms with Gasteiger partial charge >= 0.3 is 12.4 Å². The molecule has 0 aromatic heterocycles. The van der Waals surface area contributed by atoms with E-state index in [1.54, 1.807) is 0 Å². The average molecular weight is 312 g/mol. The summed E-state index contributed by atoms with van der Waals surface area (Å²) in [4.78, 5) is 10.9. The van der Waals surface area contributed by atoms with Crippen LogP contribution in [0.15, 0.2) is 23.8 Å². The van der Waals surface area contributed by atoms with Crippen molar-refractivity contribution in [1.82, 2.24) is 0 Å². The molecule has 1 aromatic rings. The van der Waals surface area contributed by atoms with Gasteiger partial charge in [-0.25, -0.2) is 0 Å². The molecule has 0 aliphatic carbocycles. The van der Waals surface area contributed by atoms with Crippen LogP contribution in [-0.2, 0) is 17.1 Å². The first-order valence-corrected chi connectivity index (χ1v) is 5.45. The topological polar surface area (TPSA) is 69.1 Å². The number of nitrogens with two attached hydrogens (primary N) is 2. The highest BCUT2D eigenvalue weighted by Gasteiger charge is 2.36. The van der Waals surface area contributed by atoms with Gasteiger partial charge in [-0.3, -0.25) is 4.79 Å². The minimum atomic E-state index is -4.96. The van der Waals surface area contributed by atoms with Crippen molar-refractivity contribution in [2.75, 3.05) is 6.54 Å². The number of benzene rings is 1. The second-order valence-corrected chi connectivity index (χ2v) is 4.08. The van der Waals surface area contributed by atoms with E-state index in [0.29, 0.717) is 12.1 Å². The largest absolute Gasteiger partial charge is 0.416 e. The van der Waals surface area contributed by atoms with Crippen molar-refractivity contribution in [2.24, 2.45) is 11.5 Å². The van der Waals surface area contributed by atoms with Crippen molar-refractivity contribution in [3.05, 3.63) is 40.5 Å². The lowest BCUT2D eigenvalue weighted by Gasteiger charge is -2.13. The highest BCUT2D eigenvalue weighted by molar-refractivity contribution is 5.97. The highest BCUT2D eigenvalue weighted by Crippen LogP contribution is 2.36. The van der Waals surface area contributed by atoms with Crippen LogP contribution < -0.4 is 11.5 Å². The van der Waals surface area contributed by atoms with Crippen LogP contribution in [0.3, 0.4) is 0 Å². The van der Waals surface area contributed by atoms with E-state index in [4.69, 9.17) is 11.5 Å². The quantitative estimate of drug-likeness (QED) is 0.665. The van der Waals surface area contributed by atoms with E-state index >= 15 is 0 Å². The molecule has 1 aromatic carbocycles. The SMILES string of the molecule is NC/C(=C\c1cc(C(F)(F)F)cc(C(F)(F)F)c1)C(N)=O. The molecule has 21 heavy (non-hydrogen) atoms. The molecule has 0 bridgehead atoms. The van der Waals surface area contributed by atoms with Gasteiger partial charge in [0, 0.05) is 12.1 Å². The Kier molecular flexibility index (Phi) is 4.67. The van der Waals surface area contributed by atoms with Gasteiger partial charge in [-0.2, -0.15) is 26.3 Å². The zero-order valence-corrected chi connectivity index (χ0v) is 10.3. The van der Waals surface area contributed by atoms with Crippen LogP contribution in [0.1, 0.15) is 16.7 Å². The maximum absolute atomic E-state index is 12.6. The standard InChI is InChI=1S/C12H10F6N2O/c13-11(14,15)8-2-6(1-7(5-19)10(20)21)3-9(4-8)12(16,17)18/h1-4H,5,19H2,(H2,20,21)/b7-1+. The smallest absolute Gasteiger partial charge is 0.366 e. The summed E-state index contributed by atoms with van der Waals surface area (Å²) in [6, 6.07) is 0.950. The van der Waals surface area contributed by atoms with E-state index < -0.39 is 41.5 Å². The Morgan fingerprint density at radius 2 is 1.43 bits per heavy atom.